The van der Waals surface area contributed by atoms with E-state index in [1.807, 2.05) is 18.5 Å². The maximum atomic E-state index is 12.6. The van der Waals surface area contributed by atoms with E-state index in [9.17, 15) is 4.79 Å². The lowest BCUT2D eigenvalue weighted by atomic mass is 10.1. The fourth-order valence-corrected chi connectivity index (χ4v) is 3.95. The van der Waals surface area contributed by atoms with E-state index in [4.69, 9.17) is 0 Å². The Morgan fingerprint density at radius 2 is 2.04 bits per heavy atom. The molecule has 2 saturated heterocycles. The summed E-state index contributed by atoms with van der Waals surface area (Å²) in [6, 6.07) is 4.96. The van der Waals surface area contributed by atoms with Crippen LogP contribution >= 0.6 is 0 Å². The first kappa shape index (κ1) is 16.4. The first-order valence-electron chi connectivity index (χ1n) is 8.70. The minimum atomic E-state index is 0.361. The molecule has 1 aromatic heterocycles. The number of pyridine rings is 1. The molecule has 1 aromatic rings. The number of amides is 1. The Labute approximate surface area is 139 Å². The Hall–Kier alpha value is -1.46. The zero-order chi connectivity index (χ0) is 16.2. The van der Waals surface area contributed by atoms with Crippen molar-refractivity contribution in [2.75, 3.05) is 33.7 Å². The van der Waals surface area contributed by atoms with Gasteiger partial charge in [-0.1, -0.05) is 6.07 Å². The second kappa shape index (κ2) is 7.41. The highest BCUT2D eigenvalue weighted by Crippen LogP contribution is 2.31. The van der Waals surface area contributed by atoms with E-state index in [-0.39, 0.29) is 0 Å². The molecule has 5 heteroatoms. The zero-order valence-corrected chi connectivity index (χ0v) is 14.3. The lowest BCUT2D eigenvalue weighted by Crippen LogP contribution is -2.55. The number of hydrogen-bond acceptors (Lipinski definition) is 4. The van der Waals surface area contributed by atoms with E-state index in [2.05, 4.69) is 39.8 Å². The quantitative estimate of drug-likeness (QED) is 0.799. The highest BCUT2D eigenvalue weighted by molar-refractivity contribution is 5.77. The van der Waals surface area contributed by atoms with Crippen LogP contribution in [0.15, 0.2) is 24.5 Å². The minimum Gasteiger partial charge on any atom is -0.334 e. The zero-order valence-electron chi connectivity index (χ0n) is 14.3. The van der Waals surface area contributed by atoms with Gasteiger partial charge in [-0.25, -0.2) is 0 Å². The van der Waals surface area contributed by atoms with Crippen LogP contribution in [0.25, 0.3) is 0 Å². The Kier molecular flexibility index (Phi) is 5.28. The van der Waals surface area contributed by atoms with E-state index in [1.165, 1.54) is 5.56 Å². The number of rotatable bonds is 6. The van der Waals surface area contributed by atoms with Crippen molar-refractivity contribution in [1.82, 2.24) is 19.7 Å². The van der Waals surface area contributed by atoms with Crippen molar-refractivity contribution in [2.45, 2.75) is 44.3 Å². The van der Waals surface area contributed by atoms with E-state index in [0.717, 1.165) is 45.4 Å². The molecule has 3 rings (SSSR count). The number of piperazine rings is 1. The number of nitrogens with zero attached hydrogens (tertiary/aromatic N) is 4. The maximum Gasteiger partial charge on any atom is 0.223 e. The van der Waals surface area contributed by atoms with Crippen LogP contribution < -0.4 is 0 Å². The highest BCUT2D eigenvalue weighted by Gasteiger charge is 2.41. The molecule has 0 N–H and O–H groups in total. The molecule has 2 aliphatic heterocycles. The molecule has 1 amide bonds. The van der Waals surface area contributed by atoms with Gasteiger partial charge in [-0.2, -0.15) is 0 Å². The summed E-state index contributed by atoms with van der Waals surface area (Å²) in [5, 5.41) is 0. The predicted molar refractivity (Wildman–Crippen MR) is 91.0 cm³/mol. The summed E-state index contributed by atoms with van der Waals surface area (Å²) in [5.74, 6) is 0.361. The molecule has 3 heterocycles. The number of carbonyl (C=O) groups is 1. The summed E-state index contributed by atoms with van der Waals surface area (Å²) in [7, 11) is 4.12. The Morgan fingerprint density at radius 3 is 2.65 bits per heavy atom. The van der Waals surface area contributed by atoms with Gasteiger partial charge in [-0.15, -0.1) is 0 Å². The molecular formula is C18H28N4O. The molecule has 2 atom stereocenters. The lowest BCUT2D eigenvalue weighted by Gasteiger charge is -2.41. The van der Waals surface area contributed by atoms with E-state index < -0.39 is 0 Å². The molecule has 0 spiro atoms. The topological polar surface area (TPSA) is 39.7 Å². The Bertz CT molecular complexity index is 505. The van der Waals surface area contributed by atoms with Crippen LogP contribution in [0.1, 0.15) is 31.2 Å². The van der Waals surface area contributed by atoms with Crippen molar-refractivity contribution in [3.8, 4) is 0 Å². The first-order chi connectivity index (χ1) is 11.1. The molecule has 0 aromatic carbocycles. The third kappa shape index (κ3) is 4.09. The maximum absolute atomic E-state index is 12.6. The van der Waals surface area contributed by atoms with Crippen LogP contribution in [0.5, 0.6) is 0 Å². The molecular weight excluding hydrogens is 288 g/mol. The third-order valence-electron chi connectivity index (χ3n) is 4.97. The van der Waals surface area contributed by atoms with Crippen LogP contribution in [0.3, 0.4) is 0 Å². The largest absolute Gasteiger partial charge is 0.334 e. The van der Waals surface area contributed by atoms with Gasteiger partial charge in [0.2, 0.25) is 5.91 Å². The molecule has 0 saturated carbocycles. The van der Waals surface area contributed by atoms with Gasteiger partial charge in [0.15, 0.2) is 0 Å². The van der Waals surface area contributed by atoms with Crippen molar-refractivity contribution < 1.29 is 4.79 Å². The van der Waals surface area contributed by atoms with E-state index in [1.54, 1.807) is 0 Å². The second-order valence-corrected chi connectivity index (χ2v) is 7.15. The monoisotopic (exact) mass is 316 g/mol. The van der Waals surface area contributed by atoms with Crippen LogP contribution in [-0.2, 0) is 11.3 Å². The minimum absolute atomic E-state index is 0.361. The predicted octanol–water partition coefficient (Wildman–Crippen LogP) is 1.60. The number of fused-ring (bicyclic) bond motifs is 2. The molecule has 2 bridgehead atoms. The van der Waals surface area contributed by atoms with Gasteiger partial charge in [0.05, 0.1) is 0 Å². The molecule has 5 nitrogen and oxygen atoms in total. The fourth-order valence-electron chi connectivity index (χ4n) is 3.95. The van der Waals surface area contributed by atoms with Crippen LogP contribution in [0.4, 0.5) is 0 Å². The molecule has 0 radical (unpaired) electrons. The molecule has 2 unspecified atom stereocenters. The van der Waals surface area contributed by atoms with Gasteiger partial charge in [0, 0.05) is 50.5 Å². The van der Waals surface area contributed by atoms with E-state index >= 15 is 0 Å². The molecule has 2 aliphatic rings. The van der Waals surface area contributed by atoms with Gasteiger partial charge in [-0.3, -0.25) is 14.7 Å². The molecule has 23 heavy (non-hydrogen) atoms. The SMILES string of the molecule is CN(C)CCCC(=O)N1C2CCC1CN(Cc1cccnc1)C2. The first-order valence-corrected chi connectivity index (χ1v) is 8.70. The third-order valence-corrected chi connectivity index (χ3v) is 4.97. The summed E-state index contributed by atoms with van der Waals surface area (Å²) in [6.07, 6.45) is 7.73. The molecule has 2 fully saturated rings. The number of carbonyl (C=O) groups excluding carboxylic acids is 1. The van der Waals surface area contributed by atoms with Gasteiger partial charge >= 0.3 is 0 Å². The summed E-state index contributed by atoms with van der Waals surface area (Å²) >= 11 is 0. The number of likely N-dealkylation sites (tertiary alicyclic amines) is 1. The van der Waals surface area contributed by atoms with Crippen molar-refractivity contribution in [1.29, 1.82) is 0 Å². The molecule has 0 aliphatic carbocycles. The van der Waals surface area contributed by atoms with Crippen LogP contribution in [0, 0.1) is 0 Å². The van der Waals surface area contributed by atoms with E-state index in [0.29, 0.717) is 24.4 Å². The van der Waals surface area contributed by atoms with Gasteiger partial charge in [-0.05, 0) is 51.5 Å². The molecule has 126 valence electrons. The van der Waals surface area contributed by atoms with Gasteiger partial charge in [0.1, 0.15) is 0 Å². The Morgan fingerprint density at radius 1 is 1.30 bits per heavy atom. The summed E-state index contributed by atoms with van der Waals surface area (Å²) in [6.45, 7) is 3.95. The van der Waals surface area contributed by atoms with Crippen molar-refractivity contribution in [3.63, 3.8) is 0 Å². The standard InChI is InChI=1S/C18H28N4O/c1-20(2)10-4-6-18(23)22-16-7-8-17(22)14-21(13-16)12-15-5-3-9-19-11-15/h3,5,9,11,16-17H,4,6-8,10,12-14H2,1-2H3. The van der Waals surface area contributed by atoms with Crippen LogP contribution in [-0.4, -0.2) is 71.4 Å². The van der Waals surface area contributed by atoms with Gasteiger partial charge in [0.25, 0.3) is 0 Å². The van der Waals surface area contributed by atoms with Crippen molar-refractivity contribution in [2.24, 2.45) is 0 Å². The fraction of sp³-hybridized carbons (Fsp3) is 0.667. The average Bonchev–Trinajstić information content (AvgIpc) is 2.79. The summed E-state index contributed by atoms with van der Waals surface area (Å²) < 4.78 is 0. The lowest BCUT2D eigenvalue weighted by molar-refractivity contribution is -0.137. The van der Waals surface area contributed by atoms with Gasteiger partial charge < -0.3 is 9.80 Å². The second-order valence-electron chi connectivity index (χ2n) is 7.15. The number of hydrogen-bond donors (Lipinski definition) is 0. The van der Waals surface area contributed by atoms with Crippen LogP contribution in [0.2, 0.25) is 0 Å². The number of aromatic nitrogens is 1. The average molecular weight is 316 g/mol. The highest BCUT2D eigenvalue weighted by atomic mass is 16.2. The summed E-state index contributed by atoms with van der Waals surface area (Å²) in [5.41, 5.74) is 1.26. The van der Waals surface area contributed by atoms with Crippen molar-refractivity contribution >= 4 is 5.91 Å². The smallest absolute Gasteiger partial charge is 0.223 e. The summed E-state index contributed by atoms with van der Waals surface area (Å²) in [4.78, 5) is 23.6. The normalized spacial score (nSPS) is 24.4. The van der Waals surface area contributed by atoms with Crippen molar-refractivity contribution in [3.05, 3.63) is 30.1 Å². The Balaban J connectivity index is 1.53.